The van der Waals surface area contributed by atoms with Crippen LogP contribution in [0.15, 0.2) is 0 Å². The molecule has 4 aromatic carbocycles. The van der Waals surface area contributed by atoms with Gasteiger partial charge in [-0.3, -0.25) is 0 Å². The van der Waals surface area contributed by atoms with Gasteiger partial charge >= 0.3 is 52.4 Å². The Morgan fingerprint density at radius 2 is 0.395 bits per heavy atom. The molecule has 0 bridgehead atoms. The summed E-state index contributed by atoms with van der Waals surface area (Å²) in [5.74, 6) is 0. The molecule has 0 saturated carbocycles. The van der Waals surface area contributed by atoms with E-state index in [9.17, 15) is 0 Å². The number of hydrogen-bond donors (Lipinski definition) is 4. The molecular weight excluding hydrogens is 1090 g/mol. The monoisotopic (exact) mass is 1200 g/mol. The third kappa shape index (κ3) is 27.6. The van der Waals surface area contributed by atoms with Crippen LogP contribution in [-0.2, 0) is 52.4 Å². The van der Waals surface area contributed by atoms with Gasteiger partial charge < -0.3 is 65.9 Å². The van der Waals surface area contributed by atoms with Gasteiger partial charge in [0.1, 0.15) is 0 Å². The molecule has 0 saturated heterocycles. The van der Waals surface area contributed by atoms with Crippen molar-refractivity contribution in [1.82, 2.24) is 10.6 Å². The zero-order valence-electron chi connectivity index (χ0n) is 54.8. The molecule has 428 valence electrons. The van der Waals surface area contributed by atoms with Crippen LogP contribution in [0, 0.1) is 146 Å². The topological polar surface area (TPSA) is 147 Å². The Morgan fingerprint density at radius 3 is 0.592 bits per heavy atom. The van der Waals surface area contributed by atoms with Gasteiger partial charge in [0.05, 0.1) is 0 Å². The van der Waals surface area contributed by atoms with E-state index in [4.69, 9.17) is 10.6 Å². The number of hydrogen-bond acceptors (Lipinski definition) is 4. The number of nitrogens with zero attached hydrogens (tertiary/aromatic N) is 7. The van der Waals surface area contributed by atoms with Crippen molar-refractivity contribution in [1.29, 1.82) is 0 Å². The van der Waals surface area contributed by atoms with Crippen molar-refractivity contribution in [2.24, 2.45) is 0 Å². The molecule has 76 heavy (non-hydrogen) atoms. The molecule has 0 aliphatic rings. The molecule has 0 aromatic heterocycles. The fourth-order valence-electron chi connectivity index (χ4n) is 8.26. The Balaban J connectivity index is -0.000000247. The van der Waals surface area contributed by atoms with Crippen molar-refractivity contribution < 1.29 is 52.4 Å². The standard InChI is InChI=1S/C26H41N3.C26H39N3.5C2H6N.CH3.2Zr/c2*1-15-17(3)21(7)25(22(8)18(15)4)28-13-11-27-12-14-29-26-23(9)19(5)16(2)20(6)24(26)10;5*1-3-2;;;/h27-29H,11-14H2,1-10H3;27H,11-14H2,1-10H3;5*1-2H3;1H3;;/q;-2;6*-1;2*+4. The molecule has 13 heteroatoms. The van der Waals surface area contributed by atoms with E-state index >= 15 is 0 Å². The van der Waals surface area contributed by atoms with Gasteiger partial charge in [-0.25, -0.2) is 0 Å². The van der Waals surface area contributed by atoms with Crippen molar-refractivity contribution in [3.8, 4) is 0 Å². The second-order valence-corrected chi connectivity index (χ2v) is 19.3. The zero-order valence-corrected chi connectivity index (χ0v) is 59.7. The second-order valence-electron chi connectivity index (χ2n) is 19.3. The first kappa shape index (κ1) is 84.9. The molecule has 0 heterocycles. The summed E-state index contributed by atoms with van der Waals surface area (Å²) in [6, 6.07) is 0. The molecule has 4 N–H and O–H groups in total. The summed E-state index contributed by atoms with van der Waals surface area (Å²) in [6.07, 6.45) is 0. The molecular formula is C63H113N11Zr2. The average Bonchev–Trinajstić information content (AvgIpc) is 3.35. The Bertz CT molecular complexity index is 1780. The Kier molecular flexibility index (Phi) is 52.9. The molecule has 0 aliphatic carbocycles. The maximum atomic E-state index is 4.89. The van der Waals surface area contributed by atoms with E-state index in [1.54, 1.807) is 70.5 Å². The van der Waals surface area contributed by atoms with Gasteiger partial charge in [-0.1, -0.05) is 22.3 Å². The van der Waals surface area contributed by atoms with Crippen LogP contribution < -0.4 is 21.3 Å². The molecule has 0 aliphatic heterocycles. The van der Waals surface area contributed by atoms with Gasteiger partial charge in [0.15, 0.2) is 0 Å². The molecule has 0 spiro atoms. The fourth-order valence-corrected chi connectivity index (χ4v) is 8.26. The molecule has 0 fully saturated rings. The maximum Gasteiger partial charge on any atom is 4.00 e. The first-order valence-corrected chi connectivity index (χ1v) is 26.2. The predicted molar refractivity (Wildman–Crippen MR) is 341 cm³/mol. The summed E-state index contributed by atoms with van der Waals surface area (Å²) in [7, 11) is 17.5. The first-order chi connectivity index (χ1) is 34.3. The van der Waals surface area contributed by atoms with E-state index in [-0.39, 0.29) is 59.8 Å². The van der Waals surface area contributed by atoms with Gasteiger partial charge in [0.2, 0.25) is 0 Å². The number of benzene rings is 4. The summed E-state index contributed by atoms with van der Waals surface area (Å²) in [5, 5.41) is 41.7. The third-order valence-electron chi connectivity index (χ3n) is 14.2. The van der Waals surface area contributed by atoms with Crippen molar-refractivity contribution >= 4 is 22.7 Å². The van der Waals surface area contributed by atoms with Crippen LogP contribution in [-0.4, -0.2) is 123 Å². The minimum atomic E-state index is 0. The summed E-state index contributed by atoms with van der Waals surface area (Å²) in [4.78, 5) is 0. The Labute approximate surface area is 509 Å². The van der Waals surface area contributed by atoms with Gasteiger partial charge in [-0.15, -0.1) is 24.5 Å². The second kappa shape index (κ2) is 47.4. The van der Waals surface area contributed by atoms with Gasteiger partial charge in [-0.05, 0) is 241 Å². The molecule has 0 atom stereocenters. The molecule has 4 aromatic rings. The van der Waals surface area contributed by atoms with Crippen LogP contribution in [0.1, 0.15) is 111 Å². The maximum absolute atomic E-state index is 4.89. The van der Waals surface area contributed by atoms with E-state index in [1.807, 2.05) is 0 Å². The molecule has 0 amide bonds. The first-order valence-electron chi connectivity index (χ1n) is 26.2. The van der Waals surface area contributed by atoms with Gasteiger partial charge in [-0.2, -0.15) is 70.5 Å². The normalized spacial score (nSPS) is 9.66. The van der Waals surface area contributed by atoms with Crippen LogP contribution in [0.5, 0.6) is 0 Å². The zero-order chi connectivity index (χ0) is 57.3. The largest absolute Gasteiger partial charge is 4.00 e. The molecule has 0 unspecified atom stereocenters. The quantitative estimate of drug-likeness (QED) is 0.0653. The van der Waals surface area contributed by atoms with E-state index in [2.05, 4.69) is 186 Å². The van der Waals surface area contributed by atoms with Crippen molar-refractivity contribution in [3.05, 3.63) is 156 Å². The van der Waals surface area contributed by atoms with Crippen molar-refractivity contribution in [2.75, 3.05) is 133 Å². The summed E-state index contributed by atoms with van der Waals surface area (Å²) < 4.78 is 0. The van der Waals surface area contributed by atoms with Crippen molar-refractivity contribution in [3.63, 3.8) is 0 Å². The third-order valence-corrected chi connectivity index (χ3v) is 14.2. The van der Waals surface area contributed by atoms with E-state index in [0.29, 0.717) is 0 Å². The van der Waals surface area contributed by atoms with Gasteiger partial charge in [0.25, 0.3) is 0 Å². The smallest absolute Gasteiger partial charge is 0.683 e. The molecule has 4 rings (SSSR count). The Morgan fingerprint density at radius 1 is 0.237 bits per heavy atom. The van der Waals surface area contributed by atoms with Crippen LogP contribution >= 0.6 is 0 Å². The van der Waals surface area contributed by atoms with E-state index in [1.165, 1.54) is 134 Å². The average molecular weight is 1210 g/mol. The van der Waals surface area contributed by atoms with E-state index in [0.717, 1.165) is 52.4 Å². The summed E-state index contributed by atoms with van der Waals surface area (Å²) in [5.41, 5.74) is 32.5. The predicted octanol–water partition coefficient (Wildman–Crippen LogP) is 16.5. The minimum absolute atomic E-state index is 0. The fraction of sp³-hybridized carbons (Fsp3) is 0.603. The van der Waals surface area contributed by atoms with Gasteiger partial charge in [0, 0.05) is 37.6 Å². The Hall–Kier alpha value is -2.43. The number of rotatable bonds is 16. The van der Waals surface area contributed by atoms with Crippen LogP contribution in [0.4, 0.5) is 22.7 Å². The minimum Gasteiger partial charge on any atom is -0.683 e. The van der Waals surface area contributed by atoms with Crippen molar-refractivity contribution in [2.45, 2.75) is 138 Å². The molecule has 0 radical (unpaired) electrons. The van der Waals surface area contributed by atoms with Crippen LogP contribution in [0.3, 0.4) is 0 Å². The molecule has 11 nitrogen and oxygen atoms in total. The van der Waals surface area contributed by atoms with Crippen LogP contribution in [0.2, 0.25) is 0 Å². The SMILES string of the molecule is C[N-]C.C[N-]C.C[N-]C.C[N-]C.C[N-]C.Cc1c(C)c(C)c(NCCNCCNc2c(C)c(C)c(C)c(C)c2C)c(C)c1C.Cc1c(C)c(C)c([N-]CCNCC[N-]c2c(C)c(C)c(C)c(C)c2C)c(C)c1C.[CH3-].[Zr+4].[Zr+4]. The van der Waals surface area contributed by atoms with E-state index < -0.39 is 0 Å². The summed E-state index contributed by atoms with van der Waals surface area (Å²) >= 11 is 0. The number of nitrogens with one attached hydrogen (secondary N) is 4. The van der Waals surface area contributed by atoms with Crippen LogP contribution in [0.25, 0.3) is 37.2 Å². The summed E-state index contributed by atoms with van der Waals surface area (Å²) in [6.45, 7) is 51.4. The number of anilines is 2.